The summed E-state index contributed by atoms with van der Waals surface area (Å²) in [5, 5.41) is 3.66. The molecule has 0 amide bonds. The molecule has 0 bridgehead atoms. The van der Waals surface area contributed by atoms with Gasteiger partial charge in [0.15, 0.2) is 0 Å². The molecule has 2 heteroatoms. The third-order valence-electron chi connectivity index (χ3n) is 3.86. The standard InChI is InChI=1S/C13H27NO/c1-11(2)13(3,8-5-9-15-4)10-14-12-6-7-12/h11-12,14H,5-10H2,1-4H3. The molecule has 1 rings (SSSR count). The van der Waals surface area contributed by atoms with Gasteiger partial charge in [-0.25, -0.2) is 0 Å². The van der Waals surface area contributed by atoms with Crippen LogP contribution in [0.2, 0.25) is 0 Å². The van der Waals surface area contributed by atoms with Gasteiger partial charge in [0.2, 0.25) is 0 Å². The van der Waals surface area contributed by atoms with E-state index >= 15 is 0 Å². The minimum Gasteiger partial charge on any atom is -0.385 e. The first-order chi connectivity index (χ1) is 7.08. The Kier molecular flexibility index (Phi) is 5.07. The quantitative estimate of drug-likeness (QED) is 0.626. The van der Waals surface area contributed by atoms with Crippen molar-refractivity contribution in [3.63, 3.8) is 0 Å². The van der Waals surface area contributed by atoms with Gasteiger partial charge in [-0.05, 0) is 37.0 Å². The lowest BCUT2D eigenvalue weighted by atomic mass is 9.75. The molecule has 1 atom stereocenters. The van der Waals surface area contributed by atoms with Crippen LogP contribution in [0.15, 0.2) is 0 Å². The van der Waals surface area contributed by atoms with Gasteiger partial charge in [0, 0.05) is 26.3 Å². The van der Waals surface area contributed by atoms with Crippen LogP contribution in [0.3, 0.4) is 0 Å². The van der Waals surface area contributed by atoms with E-state index in [0.717, 1.165) is 18.6 Å². The van der Waals surface area contributed by atoms with Crippen LogP contribution in [0.25, 0.3) is 0 Å². The highest BCUT2D eigenvalue weighted by Gasteiger charge is 2.30. The van der Waals surface area contributed by atoms with Crippen molar-refractivity contribution in [2.24, 2.45) is 11.3 Å². The Bertz CT molecular complexity index is 177. The zero-order chi connectivity index (χ0) is 11.3. The summed E-state index contributed by atoms with van der Waals surface area (Å²) in [6, 6.07) is 0.825. The normalized spacial score (nSPS) is 20.6. The first-order valence-corrected chi connectivity index (χ1v) is 6.31. The summed E-state index contributed by atoms with van der Waals surface area (Å²) >= 11 is 0. The molecule has 0 spiro atoms. The molecule has 0 aromatic rings. The molecule has 0 aromatic heterocycles. The zero-order valence-electron chi connectivity index (χ0n) is 10.8. The predicted octanol–water partition coefficient (Wildman–Crippen LogP) is 2.83. The highest BCUT2D eigenvalue weighted by atomic mass is 16.5. The number of nitrogens with one attached hydrogen (secondary N) is 1. The lowest BCUT2D eigenvalue weighted by Crippen LogP contribution is -2.37. The molecule has 0 aromatic carbocycles. The average Bonchev–Trinajstić information content (AvgIpc) is 2.98. The van der Waals surface area contributed by atoms with Crippen molar-refractivity contribution < 1.29 is 4.74 Å². The van der Waals surface area contributed by atoms with Crippen molar-refractivity contribution in [2.45, 2.75) is 52.5 Å². The molecule has 0 aliphatic heterocycles. The van der Waals surface area contributed by atoms with Gasteiger partial charge in [-0.15, -0.1) is 0 Å². The molecule has 1 aliphatic rings. The molecule has 2 nitrogen and oxygen atoms in total. The van der Waals surface area contributed by atoms with Crippen LogP contribution < -0.4 is 5.32 Å². The number of methoxy groups -OCH3 is 1. The summed E-state index contributed by atoms with van der Waals surface area (Å²) in [6.45, 7) is 9.14. The van der Waals surface area contributed by atoms with E-state index in [0.29, 0.717) is 5.41 Å². The fourth-order valence-corrected chi connectivity index (χ4v) is 1.87. The molecule has 0 radical (unpaired) electrons. The smallest absolute Gasteiger partial charge is 0.0462 e. The molecular weight excluding hydrogens is 186 g/mol. The van der Waals surface area contributed by atoms with E-state index < -0.39 is 0 Å². The van der Waals surface area contributed by atoms with Crippen LogP contribution in [0.1, 0.15) is 46.5 Å². The van der Waals surface area contributed by atoms with E-state index in [1.54, 1.807) is 7.11 Å². The predicted molar refractivity (Wildman–Crippen MR) is 65.1 cm³/mol. The van der Waals surface area contributed by atoms with Crippen molar-refractivity contribution in [1.82, 2.24) is 5.32 Å². The third kappa shape index (κ3) is 4.52. The average molecular weight is 213 g/mol. The number of hydrogen-bond donors (Lipinski definition) is 1. The van der Waals surface area contributed by atoms with Crippen molar-refractivity contribution >= 4 is 0 Å². The van der Waals surface area contributed by atoms with Crippen LogP contribution in [0, 0.1) is 11.3 Å². The van der Waals surface area contributed by atoms with E-state index in [4.69, 9.17) is 4.74 Å². The van der Waals surface area contributed by atoms with Crippen LogP contribution in [0.5, 0.6) is 0 Å². The summed E-state index contributed by atoms with van der Waals surface area (Å²) in [6.07, 6.45) is 5.20. The van der Waals surface area contributed by atoms with Gasteiger partial charge in [0.05, 0.1) is 0 Å². The van der Waals surface area contributed by atoms with E-state index in [1.165, 1.54) is 32.2 Å². The third-order valence-corrected chi connectivity index (χ3v) is 3.86. The van der Waals surface area contributed by atoms with Gasteiger partial charge in [-0.3, -0.25) is 0 Å². The maximum atomic E-state index is 5.13. The minimum atomic E-state index is 0.432. The Morgan fingerprint density at radius 3 is 2.53 bits per heavy atom. The SMILES string of the molecule is COCCCC(C)(CNC1CC1)C(C)C. The molecule has 90 valence electrons. The van der Waals surface area contributed by atoms with Crippen LogP contribution in [-0.4, -0.2) is 26.3 Å². The Morgan fingerprint density at radius 2 is 2.07 bits per heavy atom. The van der Waals surface area contributed by atoms with Gasteiger partial charge < -0.3 is 10.1 Å². The van der Waals surface area contributed by atoms with E-state index in [-0.39, 0.29) is 0 Å². The van der Waals surface area contributed by atoms with Crippen molar-refractivity contribution in [2.75, 3.05) is 20.3 Å². The lowest BCUT2D eigenvalue weighted by Gasteiger charge is -2.34. The van der Waals surface area contributed by atoms with Gasteiger partial charge >= 0.3 is 0 Å². The molecule has 15 heavy (non-hydrogen) atoms. The first kappa shape index (κ1) is 13.0. The fraction of sp³-hybridized carbons (Fsp3) is 1.00. The van der Waals surface area contributed by atoms with Crippen molar-refractivity contribution in [1.29, 1.82) is 0 Å². The van der Waals surface area contributed by atoms with Gasteiger partial charge in [-0.1, -0.05) is 20.8 Å². The lowest BCUT2D eigenvalue weighted by molar-refractivity contribution is 0.142. The highest BCUT2D eigenvalue weighted by Crippen LogP contribution is 2.33. The monoisotopic (exact) mass is 213 g/mol. The number of ether oxygens (including phenoxy) is 1. The van der Waals surface area contributed by atoms with Crippen molar-refractivity contribution in [3.8, 4) is 0 Å². The Morgan fingerprint density at radius 1 is 1.40 bits per heavy atom. The van der Waals surface area contributed by atoms with Crippen molar-refractivity contribution in [3.05, 3.63) is 0 Å². The molecule has 1 saturated carbocycles. The molecule has 0 saturated heterocycles. The molecule has 1 fully saturated rings. The minimum absolute atomic E-state index is 0.432. The summed E-state index contributed by atoms with van der Waals surface area (Å²) < 4.78 is 5.13. The maximum absolute atomic E-state index is 5.13. The highest BCUT2D eigenvalue weighted by molar-refractivity contribution is 4.87. The molecule has 0 heterocycles. The van der Waals surface area contributed by atoms with Crippen LogP contribution in [0.4, 0.5) is 0 Å². The molecular formula is C13H27NO. The van der Waals surface area contributed by atoms with Crippen LogP contribution >= 0.6 is 0 Å². The molecule has 1 unspecified atom stereocenters. The van der Waals surface area contributed by atoms with Gasteiger partial charge in [0.25, 0.3) is 0 Å². The largest absolute Gasteiger partial charge is 0.385 e. The topological polar surface area (TPSA) is 21.3 Å². The second kappa shape index (κ2) is 5.86. The number of rotatable bonds is 8. The molecule has 1 aliphatic carbocycles. The van der Waals surface area contributed by atoms with Gasteiger partial charge in [0.1, 0.15) is 0 Å². The Labute approximate surface area is 94.8 Å². The van der Waals surface area contributed by atoms with E-state index in [1.807, 2.05) is 0 Å². The maximum Gasteiger partial charge on any atom is 0.0462 e. The van der Waals surface area contributed by atoms with Gasteiger partial charge in [-0.2, -0.15) is 0 Å². The molecule has 1 N–H and O–H groups in total. The zero-order valence-corrected chi connectivity index (χ0v) is 10.8. The first-order valence-electron chi connectivity index (χ1n) is 6.31. The van der Waals surface area contributed by atoms with Crippen LogP contribution in [-0.2, 0) is 4.74 Å². The summed E-state index contributed by atoms with van der Waals surface area (Å²) in [7, 11) is 1.79. The number of hydrogen-bond acceptors (Lipinski definition) is 2. The van der Waals surface area contributed by atoms with E-state index in [2.05, 4.69) is 26.1 Å². The Balaban J connectivity index is 2.29. The Hall–Kier alpha value is -0.0800. The summed E-state index contributed by atoms with van der Waals surface area (Å²) in [5.41, 5.74) is 0.432. The fourth-order valence-electron chi connectivity index (χ4n) is 1.87. The summed E-state index contributed by atoms with van der Waals surface area (Å²) in [4.78, 5) is 0. The van der Waals surface area contributed by atoms with E-state index in [9.17, 15) is 0 Å². The second-order valence-corrected chi connectivity index (χ2v) is 5.56. The summed E-state index contributed by atoms with van der Waals surface area (Å²) in [5.74, 6) is 0.737. The second-order valence-electron chi connectivity index (χ2n) is 5.56.